The van der Waals surface area contributed by atoms with Gasteiger partial charge in [-0.2, -0.15) is 5.26 Å². The Balaban J connectivity index is 3.25. The normalized spacial score (nSPS) is 8.46. The lowest BCUT2D eigenvalue weighted by Gasteiger charge is -1.99. The molecule has 0 amide bonds. The average molecular weight is 194 g/mol. The van der Waals surface area contributed by atoms with Crippen molar-refractivity contribution < 1.29 is 4.39 Å². The number of hydrogen-bond acceptors (Lipinski definition) is 1. The summed E-state index contributed by atoms with van der Waals surface area (Å²) in [6.45, 7) is 1.61. The van der Waals surface area contributed by atoms with Crippen molar-refractivity contribution in [3.63, 3.8) is 0 Å². The fourth-order valence-corrected chi connectivity index (χ4v) is 1.10. The molecule has 13 heavy (non-hydrogen) atoms. The fraction of sp³-hybridized carbons (Fsp3) is 0.100. The zero-order valence-corrected chi connectivity index (χ0v) is 7.61. The lowest BCUT2D eigenvalue weighted by Crippen LogP contribution is -1.85. The summed E-state index contributed by atoms with van der Waals surface area (Å²) in [6, 6.07) is 4.34. The minimum atomic E-state index is -0.369. The summed E-state index contributed by atoms with van der Waals surface area (Å²) in [5.74, 6) is 4.24. The number of rotatable bonds is 0. The lowest BCUT2D eigenvalue weighted by molar-refractivity contribution is 0.618. The van der Waals surface area contributed by atoms with Gasteiger partial charge < -0.3 is 0 Å². The molecule has 0 aliphatic rings. The number of halogens is 2. The van der Waals surface area contributed by atoms with E-state index < -0.39 is 0 Å². The van der Waals surface area contributed by atoms with Gasteiger partial charge in [-0.3, -0.25) is 0 Å². The van der Waals surface area contributed by atoms with E-state index in [0.29, 0.717) is 16.1 Å². The van der Waals surface area contributed by atoms with Gasteiger partial charge in [-0.05, 0) is 30.5 Å². The molecule has 0 heterocycles. The Bertz CT molecular complexity index is 435. The standard InChI is InChI=1S/C10H5ClFN/c1-7-5-9(11)8(3-2-4-13)6-10(7)12/h5-6H,1H3. The summed E-state index contributed by atoms with van der Waals surface area (Å²) >= 11 is 5.76. The Morgan fingerprint density at radius 2 is 2.15 bits per heavy atom. The van der Waals surface area contributed by atoms with Crippen LogP contribution in [0.3, 0.4) is 0 Å². The fourth-order valence-electron chi connectivity index (χ4n) is 0.837. The van der Waals surface area contributed by atoms with Crippen molar-refractivity contribution in [2.45, 2.75) is 6.92 Å². The summed E-state index contributed by atoms with van der Waals surface area (Å²) in [5.41, 5.74) is 0.804. The van der Waals surface area contributed by atoms with Crippen molar-refractivity contribution >= 4 is 11.6 Å². The highest BCUT2D eigenvalue weighted by molar-refractivity contribution is 6.31. The maximum Gasteiger partial charge on any atom is 0.152 e. The quantitative estimate of drug-likeness (QED) is 0.581. The summed E-state index contributed by atoms with van der Waals surface area (Å²) in [7, 11) is 0. The van der Waals surface area contributed by atoms with Gasteiger partial charge in [-0.15, -0.1) is 0 Å². The third-order valence-electron chi connectivity index (χ3n) is 1.50. The van der Waals surface area contributed by atoms with Crippen LogP contribution < -0.4 is 0 Å². The first kappa shape index (κ1) is 9.58. The Kier molecular flexibility index (Phi) is 2.90. The van der Waals surface area contributed by atoms with Gasteiger partial charge in [0, 0.05) is 11.5 Å². The molecule has 0 fully saturated rings. The average Bonchev–Trinajstić information content (AvgIpc) is 2.09. The molecule has 1 aromatic rings. The van der Waals surface area contributed by atoms with E-state index in [4.69, 9.17) is 16.9 Å². The van der Waals surface area contributed by atoms with Crippen LogP contribution in [0.2, 0.25) is 5.02 Å². The van der Waals surface area contributed by atoms with E-state index in [1.807, 2.05) is 0 Å². The lowest BCUT2D eigenvalue weighted by atomic mass is 10.1. The number of nitriles is 1. The second kappa shape index (κ2) is 3.94. The van der Waals surface area contributed by atoms with E-state index >= 15 is 0 Å². The highest BCUT2D eigenvalue weighted by atomic mass is 35.5. The minimum absolute atomic E-state index is 0.339. The molecule has 1 rings (SSSR count). The zero-order chi connectivity index (χ0) is 9.84. The largest absolute Gasteiger partial charge is 0.207 e. The summed E-state index contributed by atoms with van der Waals surface area (Å²) in [6.07, 6.45) is 0. The molecule has 0 aromatic heterocycles. The molecule has 1 nitrogen and oxygen atoms in total. The highest BCUT2D eigenvalue weighted by Crippen LogP contribution is 2.19. The SMILES string of the molecule is Cc1cc(Cl)c(C#CC#N)cc1F. The zero-order valence-electron chi connectivity index (χ0n) is 6.86. The van der Waals surface area contributed by atoms with Gasteiger partial charge in [0.25, 0.3) is 0 Å². The molecular weight excluding hydrogens is 189 g/mol. The van der Waals surface area contributed by atoms with Crippen molar-refractivity contribution in [1.82, 2.24) is 0 Å². The van der Waals surface area contributed by atoms with Crippen LogP contribution in [0.5, 0.6) is 0 Å². The number of aryl methyl sites for hydroxylation is 1. The van der Waals surface area contributed by atoms with Crippen LogP contribution in [0.4, 0.5) is 4.39 Å². The molecule has 0 aliphatic carbocycles. The van der Waals surface area contributed by atoms with Gasteiger partial charge in [0.15, 0.2) is 6.07 Å². The summed E-state index contributed by atoms with van der Waals surface area (Å²) in [5, 5.41) is 8.54. The van der Waals surface area contributed by atoms with Gasteiger partial charge in [0.1, 0.15) is 5.82 Å². The molecule has 64 valence electrons. The first-order valence-electron chi connectivity index (χ1n) is 3.51. The molecule has 0 radical (unpaired) electrons. The van der Waals surface area contributed by atoms with Gasteiger partial charge in [0.2, 0.25) is 0 Å². The van der Waals surface area contributed by atoms with Crippen LogP contribution in [0, 0.1) is 35.9 Å². The van der Waals surface area contributed by atoms with Crippen molar-refractivity contribution in [1.29, 1.82) is 5.26 Å². The first-order chi connectivity index (χ1) is 6.15. The van der Waals surface area contributed by atoms with E-state index in [1.165, 1.54) is 12.1 Å². The second-order valence-corrected chi connectivity index (χ2v) is 2.85. The molecule has 0 unspecified atom stereocenters. The maximum atomic E-state index is 13.0. The van der Waals surface area contributed by atoms with Crippen LogP contribution >= 0.6 is 11.6 Å². The summed E-state index contributed by atoms with van der Waals surface area (Å²) in [4.78, 5) is 0. The monoisotopic (exact) mass is 193 g/mol. The van der Waals surface area contributed by atoms with Gasteiger partial charge >= 0.3 is 0 Å². The molecule has 3 heteroatoms. The van der Waals surface area contributed by atoms with E-state index in [2.05, 4.69) is 11.8 Å². The maximum absolute atomic E-state index is 13.0. The molecule has 0 aliphatic heterocycles. The predicted octanol–water partition coefficient (Wildman–Crippen LogP) is 2.66. The predicted molar refractivity (Wildman–Crippen MR) is 48.6 cm³/mol. The van der Waals surface area contributed by atoms with Crippen molar-refractivity contribution in [2.75, 3.05) is 0 Å². The van der Waals surface area contributed by atoms with Crippen molar-refractivity contribution in [2.24, 2.45) is 0 Å². The molecule has 1 aromatic carbocycles. The Morgan fingerprint density at radius 1 is 1.46 bits per heavy atom. The molecular formula is C10H5ClFN. The smallest absolute Gasteiger partial charge is 0.152 e. The van der Waals surface area contributed by atoms with Gasteiger partial charge in [-0.25, -0.2) is 4.39 Å². The Morgan fingerprint density at radius 3 is 2.77 bits per heavy atom. The number of hydrogen-bond donors (Lipinski definition) is 0. The number of benzene rings is 1. The second-order valence-electron chi connectivity index (χ2n) is 2.44. The van der Waals surface area contributed by atoms with Crippen LogP contribution in [0.15, 0.2) is 12.1 Å². The van der Waals surface area contributed by atoms with Crippen molar-refractivity contribution in [3.8, 4) is 17.9 Å². The molecule has 0 N–H and O–H groups in total. The van der Waals surface area contributed by atoms with Gasteiger partial charge in [-0.1, -0.05) is 11.6 Å². The van der Waals surface area contributed by atoms with Crippen LogP contribution in [0.25, 0.3) is 0 Å². The third kappa shape index (κ3) is 2.21. The molecule has 0 saturated carbocycles. The third-order valence-corrected chi connectivity index (χ3v) is 1.81. The highest BCUT2D eigenvalue weighted by Gasteiger charge is 2.02. The van der Waals surface area contributed by atoms with E-state index in [1.54, 1.807) is 13.0 Å². The van der Waals surface area contributed by atoms with Crippen LogP contribution in [-0.4, -0.2) is 0 Å². The van der Waals surface area contributed by atoms with Crippen LogP contribution in [-0.2, 0) is 0 Å². The molecule has 0 atom stereocenters. The van der Waals surface area contributed by atoms with Gasteiger partial charge in [0.05, 0.1) is 5.02 Å². The molecule has 0 bridgehead atoms. The molecule has 0 spiro atoms. The summed E-state index contributed by atoms with van der Waals surface area (Å²) < 4.78 is 13.0. The van der Waals surface area contributed by atoms with Crippen molar-refractivity contribution in [3.05, 3.63) is 34.1 Å². The van der Waals surface area contributed by atoms with E-state index in [-0.39, 0.29) is 5.82 Å². The topological polar surface area (TPSA) is 23.8 Å². The van der Waals surface area contributed by atoms with E-state index in [0.717, 1.165) is 0 Å². The molecule has 0 saturated heterocycles. The number of nitrogens with zero attached hydrogens (tertiary/aromatic N) is 1. The minimum Gasteiger partial charge on any atom is -0.207 e. The Hall–Kier alpha value is -1.51. The first-order valence-corrected chi connectivity index (χ1v) is 3.88. The van der Waals surface area contributed by atoms with Crippen LogP contribution in [0.1, 0.15) is 11.1 Å². The Labute approximate surface area is 80.8 Å². The van der Waals surface area contributed by atoms with E-state index in [9.17, 15) is 4.39 Å².